The minimum Gasteiger partial charge on any atom is -0.377 e. The number of aryl methyl sites for hydroxylation is 1. The molecule has 2 aromatic rings. The van der Waals surface area contributed by atoms with Gasteiger partial charge in [0.2, 0.25) is 0 Å². The lowest BCUT2D eigenvalue weighted by Crippen LogP contribution is -1.98. The van der Waals surface area contributed by atoms with Gasteiger partial charge in [0.1, 0.15) is 0 Å². The number of anilines is 1. The Balaban J connectivity index is 1.98. The lowest BCUT2D eigenvalue weighted by atomic mass is 10.3. The minimum absolute atomic E-state index is 0.789. The second-order valence-corrected chi connectivity index (χ2v) is 3.09. The number of hydrogen-bond acceptors (Lipinski definition) is 3. The minimum atomic E-state index is 0.789. The molecule has 0 spiro atoms. The molecule has 0 saturated heterocycles. The molecule has 0 aromatic carbocycles. The van der Waals surface area contributed by atoms with Crippen molar-refractivity contribution in [1.82, 2.24) is 10.1 Å². The number of rotatable bonds is 4. The van der Waals surface area contributed by atoms with Crippen LogP contribution in [0.5, 0.6) is 0 Å². The Morgan fingerprint density at radius 2 is 2.50 bits per heavy atom. The van der Waals surface area contributed by atoms with Crippen molar-refractivity contribution < 1.29 is 4.52 Å². The van der Waals surface area contributed by atoms with Gasteiger partial charge in [0.25, 0.3) is 0 Å². The third kappa shape index (κ3) is 1.79. The summed E-state index contributed by atoms with van der Waals surface area (Å²) in [7, 11) is 0. The normalized spacial score (nSPS) is 10.4. The van der Waals surface area contributed by atoms with Gasteiger partial charge in [-0.2, -0.15) is 0 Å². The van der Waals surface area contributed by atoms with Crippen molar-refractivity contribution in [2.24, 2.45) is 0 Å². The highest BCUT2D eigenvalue weighted by Crippen LogP contribution is 2.15. The van der Waals surface area contributed by atoms with Crippen LogP contribution in [0.4, 0.5) is 5.69 Å². The molecule has 2 heterocycles. The van der Waals surface area contributed by atoms with Crippen molar-refractivity contribution in [2.75, 3.05) is 5.32 Å². The van der Waals surface area contributed by atoms with E-state index in [0.717, 1.165) is 24.4 Å². The van der Waals surface area contributed by atoms with Crippen LogP contribution in [-0.4, -0.2) is 10.1 Å². The molecule has 2 N–H and O–H groups in total. The van der Waals surface area contributed by atoms with Crippen molar-refractivity contribution >= 4 is 5.69 Å². The first-order chi connectivity index (χ1) is 6.90. The summed E-state index contributed by atoms with van der Waals surface area (Å²) in [6.45, 7) is 2.83. The second-order valence-electron chi connectivity index (χ2n) is 3.09. The highest BCUT2D eigenvalue weighted by atomic mass is 16.5. The summed E-state index contributed by atoms with van der Waals surface area (Å²) in [5.74, 6) is 0.903. The molecule has 0 radical (unpaired) electrons. The van der Waals surface area contributed by atoms with Crippen LogP contribution in [0.25, 0.3) is 0 Å². The van der Waals surface area contributed by atoms with E-state index in [1.165, 1.54) is 5.56 Å². The molecule has 2 rings (SSSR count). The highest BCUT2D eigenvalue weighted by Gasteiger charge is 2.04. The van der Waals surface area contributed by atoms with Gasteiger partial charge in [-0.15, -0.1) is 0 Å². The standard InChI is InChI=1S/C10H13N3O/c1-2-10-9(7-13-14-10)12-6-8-3-4-11-5-8/h3-5,7,11-12H,2,6H2,1H3. The number of hydrogen-bond donors (Lipinski definition) is 2. The van der Waals surface area contributed by atoms with Gasteiger partial charge in [-0.1, -0.05) is 12.1 Å². The molecule has 0 saturated carbocycles. The third-order valence-electron chi connectivity index (χ3n) is 2.11. The summed E-state index contributed by atoms with van der Waals surface area (Å²) in [6, 6.07) is 2.03. The van der Waals surface area contributed by atoms with Crippen molar-refractivity contribution in [2.45, 2.75) is 19.9 Å². The third-order valence-corrected chi connectivity index (χ3v) is 2.11. The van der Waals surface area contributed by atoms with E-state index in [4.69, 9.17) is 4.52 Å². The molecule has 14 heavy (non-hydrogen) atoms. The van der Waals surface area contributed by atoms with E-state index < -0.39 is 0 Å². The van der Waals surface area contributed by atoms with E-state index in [-0.39, 0.29) is 0 Å². The van der Waals surface area contributed by atoms with E-state index in [9.17, 15) is 0 Å². The second kappa shape index (κ2) is 4.00. The number of nitrogens with zero attached hydrogens (tertiary/aromatic N) is 1. The fraction of sp³-hybridized carbons (Fsp3) is 0.300. The van der Waals surface area contributed by atoms with Gasteiger partial charge >= 0.3 is 0 Å². The molecule has 74 valence electrons. The fourth-order valence-electron chi connectivity index (χ4n) is 1.33. The monoisotopic (exact) mass is 191 g/mol. The fourth-order valence-corrected chi connectivity index (χ4v) is 1.33. The van der Waals surface area contributed by atoms with Crippen LogP contribution >= 0.6 is 0 Å². The molecular weight excluding hydrogens is 178 g/mol. The number of H-pyrrole nitrogens is 1. The number of nitrogens with one attached hydrogen (secondary N) is 2. The predicted octanol–water partition coefficient (Wildman–Crippen LogP) is 2.18. The van der Waals surface area contributed by atoms with E-state index >= 15 is 0 Å². The van der Waals surface area contributed by atoms with Gasteiger partial charge in [-0.3, -0.25) is 0 Å². The van der Waals surface area contributed by atoms with Crippen LogP contribution in [-0.2, 0) is 13.0 Å². The first-order valence-corrected chi connectivity index (χ1v) is 4.69. The maximum Gasteiger partial charge on any atom is 0.159 e. The zero-order valence-electron chi connectivity index (χ0n) is 8.08. The molecule has 0 aliphatic rings. The van der Waals surface area contributed by atoms with E-state index in [2.05, 4.69) is 15.5 Å². The molecular formula is C10H13N3O. The van der Waals surface area contributed by atoms with Crippen molar-refractivity contribution in [3.63, 3.8) is 0 Å². The molecule has 0 amide bonds. The molecule has 0 unspecified atom stereocenters. The Kier molecular flexibility index (Phi) is 2.53. The Labute approximate surface area is 82.3 Å². The SMILES string of the molecule is CCc1oncc1NCc1cc[nH]c1. The Hall–Kier alpha value is -1.71. The van der Waals surface area contributed by atoms with Gasteiger partial charge in [-0.05, 0) is 11.6 Å². The van der Waals surface area contributed by atoms with Crippen molar-refractivity contribution in [3.8, 4) is 0 Å². The molecule has 0 atom stereocenters. The Bertz CT molecular complexity index is 378. The summed E-state index contributed by atoms with van der Waals surface area (Å²) in [5, 5.41) is 7.02. The van der Waals surface area contributed by atoms with Crippen LogP contribution in [0, 0.1) is 0 Å². The Morgan fingerprint density at radius 3 is 3.21 bits per heavy atom. The van der Waals surface area contributed by atoms with Crippen LogP contribution in [0.3, 0.4) is 0 Å². The zero-order chi connectivity index (χ0) is 9.80. The van der Waals surface area contributed by atoms with Crippen LogP contribution in [0.2, 0.25) is 0 Å². The average molecular weight is 191 g/mol. The smallest absolute Gasteiger partial charge is 0.159 e. The van der Waals surface area contributed by atoms with Gasteiger partial charge in [0, 0.05) is 25.4 Å². The zero-order valence-corrected chi connectivity index (χ0v) is 8.08. The summed E-state index contributed by atoms with van der Waals surface area (Å²) in [6.07, 6.45) is 6.44. The van der Waals surface area contributed by atoms with E-state index in [0.29, 0.717) is 0 Å². The van der Waals surface area contributed by atoms with E-state index in [1.807, 2.05) is 25.4 Å². The van der Waals surface area contributed by atoms with Gasteiger partial charge in [0.15, 0.2) is 5.76 Å². The molecule has 4 heteroatoms. The predicted molar refractivity (Wildman–Crippen MR) is 54.0 cm³/mol. The van der Waals surface area contributed by atoms with Crippen LogP contribution in [0.15, 0.2) is 29.2 Å². The summed E-state index contributed by atoms with van der Waals surface area (Å²) in [4.78, 5) is 3.01. The largest absolute Gasteiger partial charge is 0.377 e. The quantitative estimate of drug-likeness (QED) is 0.778. The number of aromatic nitrogens is 2. The molecule has 0 fully saturated rings. The first-order valence-electron chi connectivity index (χ1n) is 4.69. The molecule has 0 bridgehead atoms. The van der Waals surface area contributed by atoms with Gasteiger partial charge in [0.05, 0.1) is 11.9 Å². The molecule has 2 aromatic heterocycles. The molecule has 0 aliphatic heterocycles. The van der Waals surface area contributed by atoms with Crippen molar-refractivity contribution in [3.05, 3.63) is 36.0 Å². The lowest BCUT2D eigenvalue weighted by molar-refractivity contribution is 0.387. The maximum absolute atomic E-state index is 5.06. The highest BCUT2D eigenvalue weighted by molar-refractivity contribution is 5.44. The molecule has 4 nitrogen and oxygen atoms in total. The maximum atomic E-state index is 5.06. The van der Waals surface area contributed by atoms with Gasteiger partial charge in [-0.25, -0.2) is 0 Å². The van der Waals surface area contributed by atoms with Crippen LogP contribution < -0.4 is 5.32 Å². The molecule has 0 aliphatic carbocycles. The average Bonchev–Trinajstić information content (AvgIpc) is 2.85. The van der Waals surface area contributed by atoms with E-state index in [1.54, 1.807) is 6.20 Å². The van der Waals surface area contributed by atoms with Crippen molar-refractivity contribution in [1.29, 1.82) is 0 Å². The summed E-state index contributed by atoms with van der Waals surface area (Å²) >= 11 is 0. The summed E-state index contributed by atoms with van der Waals surface area (Å²) < 4.78 is 5.06. The topological polar surface area (TPSA) is 53.9 Å². The number of aromatic amines is 1. The summed E-state index contributed by atoms with van der Waals surface area (Å²) in [5.41, 5.74) is 2.20. The first kappa shape index (κ1) is 8.87. The van der Waals surface area contributed by atoms with Gasteiger partial charge < -0.3 is 14.8 Å². The lowest BCUT2D eigenvalue weighted by Gasteiger charge is -2.01. The Morgan fingerprint density at radius 1 is 1.57 bits per heavy atom. The van der Waals surface area contributed by atoms with Crippen LogP contribution in [0.1, 0.15) is 18.2 Å².